The molecular formula is C18H38IN5O. The van der Waals surface area contributed by atoms with Gasteiger partial charge in [-0.2, -0.15) is 0 Å². The van der Waals surface area contributed by atoms with E-state index in [1.54, 1.807) is 0 Å². The zero-order chi connectivity index (χ0) is 17.0. The number of nitrogens with zero attached hydrogens (tertiary/aromatic N) is 3. The summed E-state index contributed by atoms with van der Waals surface area (Å²) >= 11 is 0. The molecule has 0 unspecified atom stereocenters. The fraction of sp³-hybridized carbons (Fsp3) is 0.944. The molecule has 0 aromatic carbocycles. The molecule has 0 atom stereocenters. The summed E-state index contributed by atoms with van der Waals surface area (Å²) in [6, 6.07) is 0.779. The van der Waals surface area contributed by atoms with E-state index in [1.807, 2.05) is 0 Å². The number of likely N-dealkylation sites (N-methyl/N-ethyl adjacent to an activating group) is 1. The van der Waals surface area contributed by atoms with Crippen LogP contribution in [0.3, 0.4) is 0 Å². The van der Waals surface area contributed by atoms with Crippen LogP contribution in [0.5, 0.6) is 0 Å². The average Bonchev–Trinajstić information content (AvgIpc) is 2.63. The zero-order valence-corrected chi connectivity index (χ0v) is 18.5. The highest BCUT2D eigenvalue weighted by Gasteiger charge is 2.17. The highest BCUT2D eigenvalue weighted by Crippen LogP contribution is 2.21. The number of halogens is 1. The minimum absolute atomic E-state index is 0. The fourth-order valence-corrected chi connectivity index (χ4v) is 3.52. The number of hydrogen-bond donors (Lipinski definition) is 2. The van der Waals surface area contributed by atoms with Crippen LogP contribution in [0.4, 0.5) is 0 Å². The first-order chi connectivity index (χ1) is 11.8. The van der Waals surface area contributed by atoms with Gasteiger partial charge >= 0.3 is 0 Å². The Hall–Kier alpha value is -0.120. The van der Waals surface area contributed by atoms with Crippen LogP contribution in [0, 0.1) is 0 Å². The van der Waals surface area contributed by atoms with E-state index in [0.717, 1.165) is 71.0 Å². The molecule has 2 rings (SSSR count). The summed E-state index contributed by atoms with van der Waals surface area (Å²) in [7, 11) is 2.26. The highest BCUT2D eigenvalue weighted by atomic mass is 127. The Morgan fingerprint density at radius 3 is 2.56 bits per heavy atom. The van der Waals surface area contributed by atoms with Gasteiger partial charge in [0.1, 0.15) is 0 Å². The molecule has 1 saturated carbocycles. The van der Waals surface area contributed by atoms with Gasteiger partial charge in [0, 0.05) is 45.3 Å². The van der Waals surface area contributed by atoms with Crippen LogP contribution in [0.2, 0.25) is 0 Å². The van der Waals surface area contributed by atoms with E-state index in [-0.39, 0.29) is 24.0 Å². The molecular weight excluding hydrogens is 429 g/mol. The molecule has 25 heavy (non-hydrogen) atoms. The van der Waals surface area contributed by atoms with Crippen LogP contribution in [0.1, 0.15) is 39.0 Å². The molecule has 0 aromatic heterocycles. The van der Waals surface area contributed by atoms with Crippen LogP contribution in [-0.2, 0) is 4.74 Å². The average molecular weight is 467 g/mol. The molecule has 0 radical (unpaired) electrons. The van der Waals surface area contributed by atoms with Crippen molar-refractivity contribution in [1.82, 2.24) is 20.4 Å². The van der Waals surface area contributed by atoms with Crippen molar-refractivity contribution in [1.29, 1.82) is 0 Å². The summed E-state index contributed by atoms with van der Waals surface area (Å²) in [5.74, 6) is 0.947. The van der Waals surface area contributed by atoms with Crippen molar-refractivity contribution in [3.05, 3.63) is 0 Å². The lowest BCUT2D eigenvalue weighted by Crippen LogP contribution is -2.44. The maximum atomic E-state index is 5.38. The molecule has 0 aromatic rings. The third-order valence-corrected chi connectivity index (χ3v) is 5.09. The summed E-state index contributed by atoms with van der Waals surface area (Å²) in [5, 5.41) is 6.83. The number of rotatable bonds is 8. The molecule has 1 aliphatic heterocycles. The SMILES string of the molecule is CCNC(=NCCN1CCOCC1)NCCN(C)C1CCCCC1.I. The number of aliphatic imine (C=N–C) groups is 1. The van der Waals surface area contributed by atoms with Crippen LogP contribution in [0.25, 0.3) is 0 Å². The van der Waals surface area contributed by atoms with Gasteiger partial charge in [0.2, 0.25) is 0 Å². The van der Waals surface area contributed by atoms with Gasteiger partial charge in [-0.1, -0.05) is 19.3 Å². The van der Waals surface area contributed by atoms with Gasteiger partial charge in [-0.05, 0) is 26.8 Å². The lowest BCUT2D eigenvalue weighted by atomic mass is 9.94. The van der Waals surface area contributed by atoms with Crippen molar-refractivity contribution in [2.45, 2.75) is 45.1 Å². The van der Waals surface area contributed by atoms with Gasteiger partial charge in [-0.3, -0.25) is 9.89 Å². The van der Waals surface area contributed by atoms with E-state index in [4.69, 9.17) is 9.73 Å². The number of hydrogen-bond acceptors (Lipinski definition) is 4. The number of morpholine rings is 1. The van der Waals surface area contributed by atoms with Gasteiger partial charge in [-0.25, -0.2) is 0 Å². The molecule has 6 nitrogen and oxygen atoms in total. The summed E-state index contributed by atoms with van der Waals surface area (Å²) in [5.41, 5.74) is 0. The third-order valence-electron chi connectivity index (χ3n) is 5.09. The minimum atomic E-state index is 0. The Bertz CT molecular complexity index is 357. The fourth-order valence-electron chi connectivity index (χ4n) is 3.52. The monoisotopic (exact) mass is 467 g/mol. The zero-order valence-electron chi connectivity index (χ0n) is 16.1. The molecule has 7 heteroatoms. The van der Waals surface area contributed by atoms with Gasteiger partial charge in [-0.15, -0.1) is 24.0 Å². The molecule has 2 N–H and O–H groups in total. The van der Waals surface area contributed by atoms with Crippen molar-refractivity contribution in [3.63, 3.8) is 0 Å². The maximum absolute atomic E-state index is 5.38. The van der Waals surface area contributed by atoms with Crippen molar-refractivity contribution < 1.29 is 4.74 Å². The predicted octanol–water partition coefficient (Wildman–Crippen LogP) is 1.76. The number of nitrogens with one attached hydrogen (secondary N) is 2. The largest absolute Gasteiger partial charge is 0.379 e. The molecule has 1 aliphatic carbocycles. The summed E-state index contributed by atoms with van der Waals surface area (Å²) in [6.07, 6.45) is 6.94. The van der Waals surface area contributed by atoms with Crippen molar-refractivity contribution in [2.75, 3.05) is 66.1 Å². The number of guanidine groups is 1. The normalized spacial score (nSPS) is 20.4. The van der Waals surface area contributed by atoms with Crippen LogP contribution in [-0.4, -0.2) is 87.9 Å². The first-order valence-electron chi connectivity index (χ1n) is 9.82. The van der Waals surface area contributed by atoms with Gasteiger partial charge in [0.15, 0.2) is 5.96 Å². The van der Waals surface area contributed by atoms with Crippen LogP contribution in [0.15, 0.2) is 4.99 Å². The Kier molecular flexibility index (Phi) is 12.8. The lowest BCUT2D eigenvalue weighted by molar-refractivity contribution is 0.0394. The van der Waals surface area contributed by atoms with Gasteiger partial charge in [0.05, 0.1) is 19.8 Å². The Balaban J connectivity index is 0.00000312. The van der Waals surface area contributed by atoms with E-state index in [9.17, 15) is 0 Å². The van der Waals surface area contributed by atoms with E-state index in [1.165, 1.54) is 32.1 Å². The first kappa shape index (κ1) is 22.9. The van der Waals surface area contributed by atoms with Gasteiger partial charge < -0.3 is 20.3 Å². The highest BCUT2D eigenvalue weighted by molar-refractivity contribution is 14.0. The van der Waals surface area contributed by atoms with Crippen molar-refractivity contribution >= 4 is 29.9 Å². The number of ether oxygens (including phenoxy) is 1. The van der Waals surface area contributed by atoms with E-state index in [0.29, 0.717) is 0 Å². The van der Waals surface area contributed by atoms with Crippen LogP contribution < -0.4 is 10.6 Å². The summed E-state index contributed by atoms with van der Waals surface area (Å²) < 4.78 is 5.38. The Morgan fingerprint density at radius 2 is 1.88 bits per heavy atom. The Labute approximate surface area is 171 Å². The minimum Gasteiger partial charge on any atom is -0.379 e. The maximum Gasteiger partial charge on any atom is 0.191 e. The molecule has 0 amide bonds. The molecule has 2 fully saturated rings. The molecule has 1 heterocycles. The molecule has 2 aliphatic rings. The van der Waals surface area contributed by atoms with E-state index >= 15 is 0 Å². The first-order valence-corrected chi connectivity index (χ1v) is 9.82. The predicted molar refractivity (Wildman–Crippen MR) is 116 cm³/mol. The summed E-state index contributed by atoms with van der Waals surface area (Å²) in [4.78, 5) is 9.65. The topological polar surface area (TPSA) is 52.1 Å². The quantitative estimate of drug-likeness (QED) is 0.324. The van der Waals surface area contributed by atoms with Crippen molar-refractivity contribution in [3.8, 4) is 0 Å². The third kappa shape index (κ3) is 9.40. The van der Waals surface area contributed by atoms with Crippen LogP contribution >= 0.6 is 24.0 Å². The molecule has 148 valence electrons. The molecule has 0 bridgehead atoms. The second-order valence-corrected chi connectivity index (χ2v) is 6.91. The molecule has 1 saturated heterocycles. The van der Waals surface area contributed by atoms with E-state index < -0.39 is 0 Å². The molecule has 0 spiro atoms. The lowest BCUT2D eigenvalue weighted by Gasteiger charge is -2.31. The van der Waals surface area contributed by atoms with Gasteiger partial charge in [0.25, 0.3) is 0 Å². The van der Waals surface area contributed by atoms with E-state index in [2.05, 4.69) is 34.4 Å². The van der Waals surface area contributed by atoms with Crippen molar-refractivity contribution in [2.24, 2.45) is 4.99 Å². The Morgan fingerprint density at radius 1 is 1.16 bits per heavy atom. The standard InChI is InChI=1S/C18H37N5O.HI/c1-3-19-18(21-10-12-23-13-15-24-16-14-23)20-9-11-22(2)17-7-5-4-6-8-17;/h17H,3-16H2,1-2H3,(H2,19,20,21);1H. The second kappa shape index (κ2) is 14.0. The second-order valence-electron chi connectivity index (χ2n) is 6.91. The smallest absolute Gasteiger partial charge is 0.191 e. The summed E-state index contributed by atoms with van der Waals surface area (Å²) in [6.45, 7) is 10.7.